The standard InChI is InChI=1S/C13H12N2OS2/c17-13(15-14-9-12-7-4-8-16-12)18-10-11-5-2-1-3-6-11/h1-9H,10H2,(H,15,17). The topological polar surface area (TPSA) is 37.5 Å². The summed E-state index contributed by atoms with van der Waals surface area (Å²) in [6, 6.07) is 13.8. The lowest BCUT2D eigenvalue weighted by molar-refractivity contribution is 0.560. The van der Waals surface area contributed by atoms with Crippen molar-refractivity contribution in [1.29, 1.82) is 0 Å². The van der Waals surface area contributed by atoms with E-state index in [1.807, 2.05) is 30.3 Å². The summed E-state index contributed by atoms with van der Waals surface area (Å²) in [6.45, 7) is 0. The monoisotopic (exact) mass is 276 g/mol. The second-order valence-electron chi connectivity index (χ2n) is 3.45. The van der Waals surface area contributed by atoms with Gasteiger partial charge in [-0.15, -0.1) is 0 Å². The molecule has 0 aliphatic carbocycles. The molecule has 0 unspecified atom stereocenters. The molecule has 1 heterocycles. The number of benzene rings is 1. The fourth-order valence-electron chi connectivity index (χ4n) is 1.27. The van der Waals surface area contributed by atoms with E-state index in [1.54, 1.807) is 24.2 Å². The first-order valence-corrected chi connectivity index (χ1v) is 6.77. The summed E-state index contributed by atoms with van der Waals surface area (Å²) in [5.41, 5.74) is 4.03. The zero-order valence-electron chi connectivity index (χ0n) is 9.58. The molecule has 0 atom stereocenters. The third-order valence-corrected chi connectivity index (χ3v) is 3.38. The Morgan fingerprint density at radius 1 is 1.28 bits per heavy atom. The van der Waals surface area contributed by atoms with Crippen LogP contribution in [-0.4, -0.2) is 10.5 Å². The number of rotatable bonds is 4. The van der Waals surface area contributed by atoms with Crippen molar-refractivity contribution in [3.05, 3.63) is 60.1 Å². The highest BCUT2D eigenvalue weighted by atomic mass is 32.2. The van der Waals surface area contributed by atoms with E-state index >= 15 is 0 Å². The Morgan fingerprint density at radius 3 is 2.83 bits per heavy atom. The minimum atomic E-state index is 0.640. The summed E-state index contributed by atoms with van der Waals surface area (Å²) in [7, 11) is 0. The molecule has 0 amide bonds. The van der Waals surface area contributed by atoms with Crippen LogP contribution in [0.2, 0.25) is 0 Å². The minimum absolute atomic E-state index is 0.640. The van der Waals surface area contributed by atoms with E-state index in [0.717, 1.165) is 5.75 Å². The van der Waals surface area contributed by atoms with E-state index in [4.69, 9.17) is 16.6 Å². The maximum absolute atomic E-state index is 5.16. The molecule has 0 saturated carbocycles. The van der Waals surface area contributed by atoms with Crippen molar-refractivity contribution >= 4 is 34.5 Å². The predicted octanol–water partition coefficient (Wildman–Crippen LogP) is 3.42. The van der Waals surface area contributed by atoms with Crippen molar-refractivity contribution in [2.75, 3.05) is 0 Å². The number of furan rings is 1. The highest BCUT2D eigenvalue weighted by Crippen LogP contribution is 2.12. The number of hydrazone groups is 1. The van der Waals surface area contributed by atoms with E-state index in [-0.39, 0.29) is 0 Å². The first kappa shape index (κ1) is 12.9. The molecule has 0 fully saturated rings. The predicted molar refractivity (Wildman–Crippen MR) is 79.8 cm³/mol. The summed E-state index contributed by atoms with van der Waals surface area (Å²) in [5.74, 6) is 1.53. The molecule has 0 radical (unpaired) electrons. The van der Waals surface area contributed by atoms with Crippen LogP contribution in [0.3, 0.4) is 0 Å². The van der Waals surface area contributed by atoms with Gasteiger partial charge in [0.05, 0.1) is 12.5 Å². The van der Waals surface area contributed by atoms with Crippen LogP contribution in [0.5, 0.6) is 0 Å². The molecule has 1 aromatic carbocycles. The van der Waals surface area contributed by atoms with Crippen molar-refractivity contribution in [3.63, 3.8) is 0 Å². The lowest BCUT2D eigenvalue weighted by Gasteiger charge is -2.02. The van der Waals surface area contributed by atoms with Crippen molar-refractivity contribution in [2.45, 2.75) is 5.75 Å². The van der Waals surface area contributed by atoms with Gasteiger partial charge in [-0.1, -0.05) is 54.3 Å². The van der Waals surface area contributed by atoms with Gasteiger partial charge in [-0.3, -0.25) is 5.43 Å². The molecule has 3 nitrogen and oxygen atoms in total. The van der Waals surface area contributed by atoms with Crippen LogP contribution in [0.4, 0.5) is 0 Å². The Hall–Kier alpha value is -1.59. The summed E-state index contributed by atoms with van der Waals surface area (Å²) in [5, 5.41) is 4.00. The van der Waals surface area contributed by atoms with Gasteiger partial charge in [-0.25, -0.2) is 0 Å². The van der Waals surface area contributed by atoms with Gasteiger partial charge in [0.25, 0.3) is 0 Å². The van der Waals surface area contributed by atoms with E-state index in [1.165, 1.54) is 5.56 Å². The number of nitrogens with zero attached hydrogens (tertiary/aromatic N) is 1. The minimum Gasteiger partial charge on any atom is -0.463 e. The smallest absolute Gasteiger partial charge is 0.154 e. The van der Waals surface area contributed by atoms with Crippen molar-refractivity contribution in [3.8, 4) is 0 Å². The highest BCUT2D eigenvalue weighted by Gasteiger charge is 1.97. The summed E-state index contributed by atoms with van der Waals surface area (Å²) in [4.78, 5) is 0. The molecule has 92 valence electrons. The van der Waals surface area contributed by atoms with Gasteiger partial charge in [-0.05, 0) is 17.7 Å². The zero-order chi connectivity index (χ0) is 12.6. The average Bonchev–Trinajstić information content (AvgIpc) is 2.91. The second-order valence-corrected chi connectivity index (χ2v) is 5.10. The Morgan fingerprint density at radius 2 is 2.11 bits per heavy atom. The Bertz CT molecular complexity index is 509. The third-order valence-electron chi connectivity index (χ3n) is 2.10. The normalized spacial score (nSPS) is 10.7. The molecule has 5 heteroatoms. The highest BCUT2D eigenvalue weighted by molar-refractivity contribution is 8.22. The molecule has 0 aliphatic heterocycles. The lowest BCUT2D eigenvalue weighted by Crippen LogP contribution is -2.11. The quantitative estimate of drug-likeness (QED) is 0.527. The van der Waals surface area contributed by atoms with Crippen LogP contribution in [-0.2, 0) is 5.75 Å². The third kappa shape index (κ3) is 4.35. The number of hydrogen-bond donors (Lipinski definition) is 1. The van der Waals surface area contributed by atoms with Gasteiger partial charge < -0.3 is 4.42 Å². The van der Waals surface area contributed by atoms with Crippen molar-refractivity contribution in [2.24, 2.45) is 5.10 Å². The number of nitrogens with one attached hydrogen (secondary N) is 1. The summed E-state index contributed by atoms with van der Waals surface area (Å²) < 4.78 is 5.75. The van der Waals surface area contributed by atoms with Crippen LogP contribution in [0.25, 0.3) is 0 Å². The van der Waals surface area contributed by atoms with E-state index in [9.17, 15) is 0 Å². The van der Waals surface area contributed by atoms with Gasteiger partial charge in [0.2, 0.25) is 0 Å². The average molecular weight is 276 g/mol. The molecule has 1 N–H and O–H groups in total. The molecule has 0 saturated heterocycles. The van der Waals surface area contributed by atoms with E-state index < -0.39 is 0 Å². The van der Waals surface area contributed by atoms with Gasteiger partial charge >= 0.3 is 0 Å². The number of thioether (sulfide) groups is 1. The first-order chi connectivity index (χ1) is 8.84. The van der Waals surface area contributed by atoms with Gasteiger partial charge in [-0.2, -0.15) is 5.10 Å². The SMILES string of the molecule is S=C(NN=Cc1ccco1)SCc1ccccc1. The Balaban J connectivity index is 1.73. The van der Waals surface area contributed by atoms with E-state index in [2.05, 4.69) is 22.7 Å². The number of hydrogen-bond acceptors (Lipinski definition) is 4. The van der Waals surface area contributed by atoms with Crippen LogP contribution in [0.15, 0.2) is 58.2 Å². The van der Waals surface area contributed by atoms with Crippen LogP contribution < -0.4 is 5.43 Å². The zero-order valence-corrected chi connectivity index (χ0v) is 11.2. The molecule has 1 aromatic heterocycles. The molecule has 18 heavy (non-hydrogen) atoms. The first-order valence-electron chi connectivity index (χ1n) is 5.38. The largest absolute Gasteiger partial charge is 0.463 e. The van der Waals surface area contributed by atoms with Crippen LogP contribution in [0, 0.1) is 0 Å². The van der Waals surface area contributed by atoms with Crippen molar-refractivity contribution in [1.82, 2.24) is 5.43 Å². The Labute approximate surface area is 115 Å². The fourth-order valence-corrected chi connectivity index (χ4v) is 2.11. The molecule has 0 spiro atoms. The fraction of sp³-hybridized carbons (Fsp3) is 0.0769. The van der Waals surface area contributed by atoms with Crippen LogP contribution >= 0.6 is 24.0 Å². The molecule has 2 rings (SSSR count). The van der Waals surface area contributed by atoms with E-state index in [0.29, 0.717) is 10.1 Å². The van der Waals surface area contributed by atoms with Crippen molar-refractivity contribution < 1.29 is 4.42 Å². The molecular formula is C13H12N2OS2. The van der Waals surface area contributed by atoms with Gasteiger partial charge in [0.15, 0.2) is 4.32 Å². The van der Waals surface area contributed by atoms with Gasteiger partial charge in [0, 0.05) is 5.75 Å². The Kier molecular flexibility index (Phi) is 4.99. The van der Waals surface area contributed by atoms with Gasteiger partial charge in [0.1, 0.15) is 5.76 Å². The summed E-state index contributed by atoms with van der Waals surface area (Å²) >= 11 is 6.70. The maximum Gasteiger partial charge on any atom is 0.154 e. The molecule has 0 aliphatic rings. The lowest BCUT2D eigenvalue weighted by atomic mass is 10.2. The molecule has 2 aromatic rings. The van der Waals surface area contributed by atoms with Crippen LogP contribution in [0.1, 0.15) is 11.3 Å². The molecular weight excluding hydrogens is 264 g/mol. The molecule has 0 bridgehead atoms. The second kappa shape index (κ2) is 6.98. The maximum atomic E-state index is 5.16. The number of thiocarbonyl (C=S) groups is 1. The summed E-state index contributed by atoms with van der Waals surface area (Å²) in [6.07, 6.45) is 3.19.